The van der Waals surface area contributed by atoms with Crippen LogP contribution in [0.3, 0.4) is 0 Å². The van der Waals surface area contributed by atoms with Crippen LogP contribution < -0.4 is 5.73 Å². The van der Waals surface area contributed by atoms with Crippen molar-refractivity contribution in [2.75, 3.05) is 5.75 Å². The third-order valence-corrected chi connectivity index (χ3v) is 3.36. The van der Waals surface area contributed by atoms with Gasteiger partial charge in [-0.2, -0.15) is 0 Å². The summed E-state index contributed by atoms with van der Waals surface area (Å²) >= 11 is 1.93. The van der Waals surface area contributed by atoms with Crippen molar-refractivity contribution in [2.24, 2.45) is 5.73 Å². The van der Waals surface area contributed by atoms with Crippen molar-refractivity contribution >= 4 is 11.8 Å². The summed E-state index contributed by atoms with van der Waals surface area (Å²) in [6.07, 6.45) is 1.11. The van der Waals surface area contributed by atoms with E-state index >= 15 is 0 Å². The van der Waals surface area contributed by atoms with Crippen molar-refractivity contribution in [1.82, 2.24) is 0 Å². The van der Waals surface area contributed by atoms with E-state index in [0.717, 1.165) is 12.2 Å². The van der Waals surface area contributed by atoms with Gasteiger partial charge in [-0.15, -0.1) is 11.8 Å². The Labute approximate surface area is 77.3 Å². The lowest BCUT2D eigenvalue weighted by atomic mass is 10.0. The molecule has 1 atom stereocenters. The zero-order valence-electron chi connectivity index (χ0n) is 7.21. The number of hydrogen-bond donors (Lipinski definition) is 1. The van der Waals surface area contributed by atoms with Crippen molar-refractivity contribution in [2.45, 2.75) is 24.3 Å². The number of nitrogens with two attached hydrogens (primary N) is 1. The van der Waals surface area contributed by atoms with E-state index in [9.17, 15) is 0 Å². The number of hydrogen-bond acceptors (Lipinski definition) is 2. The minimum atomic E-state index is 0.266. The highest BCUT2D eigenvalue weighted by atomic mass is 32.2. The van der Waals surface area contributed by atoms with E-state index in [1.54, 1.807) is 0 Å². The van der Waals surface area contributed by atoms with Crippen LogP contribution in [0.2, 0.25) is 0 Å². The standard InChI is InChI=1S/C10H13NS/c1-7-2-3-8-9(11)4-5-12-10(8)6-7/h2-3,6,9H,4-5,11H2,1H3/t9-/m1/s1. The van der Waals surface area contributed by atoms with E-state index in [-0.39, 0.29) is 6.04 Å². The van der Waals surface area contributed by atoms with Gasteiger partial charge in [-0.25, -0.2) is 0 Å². The van der Waals surface area contributed by atoms with E-state index < -0.39 is 0 Å². The van der Waals surface area contributed by atoms with Crippen molar-refractivity contribution in [3.63, 3.8) is 0 Å². The topological polar surface area (TPSA) is 26.0 Å². The first-order valence-electron chi connectivity index (χ1n) is 4.26. The first-order chi connectivity index (χ1) is 5.77. The average Bonchev–Trinajstić information content (AvgIpc) is 2.04. The summed E-state index contributed by atoms with van der Waals surface area (Å²) in [5.41, 5.74) is 8.64. The number of thioether (sulfide) groups is 1. The summed E-state index contributed by atoms with van der Waals surface area (Å²) in [6, 6.07) is 6.81. The Bertz CT molecular complexity index is 296. The zero-order chi connectivity index (χ0) is 8.55. The van der Waals surface area contributed by atoms with Crippen molar-refractivity contribution < 1.29 is 0 Å². The third kappa shape index (κ3) is 1.37. The molecule has 0 saturated carbocycles. The Morgan fingerprint density at radius 3 is 3.17 bits per heavy atom. The number of aryl methyl sites for hydroxylation is 1. The smallest absolute Gasteiger partial charge is 0.0314 e. The van der Waals surface area contributed by atoms with Gasteiger partial charge in [0, 0.05) is 10.9 Å². The molecule has 1 aliphatic rings. The lowest BCUT2D eigenvalue weighted by molar-refractivity contribution is 0.680. The second kappa shape index (κ2) is 3.11. The van der Waals surface area contributed by atoms with Gasteiger partial charge in [-0.1, -0.05) is 12.1 Å². The average molecular weight is 179 g/mol. The van der Waals surface area contributed by atoms with E-state index in [1.807, 2.05) is 11.8 Å². The first-order valence-corrected chi connectivity index (χ1v) is 5.25. The van der Waals surface area contributed by atoms with Crippen LogP contribution in [0.5, 0.6) is 0 Å². The molecule has 1 nitrogen and oxygen atoms in total. The molecule has 0 fully saturated rings. The predicted octanol–water partition coefficient (Wildman–Crippen LogP) is 2.49. The molecule has 1 aromatic rings. The molecule has 0 spiro atoms. The molecule has 0 amide bonds. The molecule has 1 aliphatic heterocycles. The van der Waals surface area contributed by atoms with E-state index in [2.05, 4.69) is 25.1 Å². The quantitative estimate of drug-likeness (QED) is 0.662. The maximum Gasteiger partial charge on any atom is 0.0314 e. The van der Waals surface area contributed by atoms with Crippen LogP contribution >= 0.6 is 11.8 Å². The van der Waals surface area contributed by atoms with Crippen molar-refractivity contribution in [3.8, 4) is 0 Å². The monoisotopic (exact) mass is 179 g/mol. The van der Waals surface area contributed by atoms with Crippen molar-refractivity contribution in [1.29, 1.82) is 0 Å². The van der Waals surface area contributed by atoms with Gasteiger partial charge in [0.15, 0.2) is 0 Å². The highest BCUT2D eigenvalue weighted by molar-refractivity contribution is 7.99. The zero-order valence-corrected chi connectivity index (χ0v) is 8.03. The summed E-state index contributed by atoms with van der Waals surface area (Å²) in [7, 11) is 0. The lowest BCUT2D eigenvalue weighted by Gasteiger charge is -2.21. The molecule has 0 aliphatic carbocycles. The molecule has 1 aromatic carbocycles. The summed E-state index contributed by atoms with van der Waals surface area (Å²) in [5.74, 6) is 1.16. The molecule has 64 valence electrons. The predicted molar refractivity (Wildman–Crippen MR) is 53.4 cm³/mol. The van der Waals surface area contributed by atoms with E-state index in [0.29, 0.717) is 0 Å². The summed E-state index contributed by atoms with van der Waals surface area (Å²) in [4.78, 5) is 1.38. The minimum absolute atomic E-state index is 0.266. The molecule has 0 bridgehead atoms. The van der Waals surface area contributed by atoms with Crippen LogP contribution in [0.1, 0.15) is 23.6 Å². The largest absolute Gasteiger partial charge is 0.324 e. The number of rotatable bonds is 0. The van der Waals surface area contributed by atoms with E-state index in [4.69, 9.17) is 5.73 Å². The minimum Gasteiger partial charge on any atom is -0.324 e. The molecule has 0 aromatic heterocycles. The number of benzene rings is 1. The van der Waals surface area contributed by atoms with Crippen LogP contribution in [0.4, 0.5) is 0 Å². The fourth-order valence-electron chi connectivity index (χ4n) is 1.52. The van der Waals surface area contributed by atoms with Gasteiger partial charge in [-0.3, -0.25) is 0 Å². The second-order valence-corrected chi connectivity index (χ2v) is 4.42. The Morgan fingerprint density at radius 2 is 2.33 bits per heavy atom. The Kier molecular flexibility index (Phi) is 2.11. The summed E-state index contributed by atoms with van der Waals surface area (Å²) in [5, 5.41) is 0. The van der Waals surface area contributed by atoms with Crippen LogP contribution in [0.15, 0.2) is 23.1 Å². The summed E-state index contributed by atoms with van der Waals surface area (Å²) in [6.45, 7) is 2.13. The first kappa shape index (κ1) is 8.14. The molecule has 0 saturated heterocycles. The van der Waals surface area contributed by atoms with Gasteiger partial charge in [0.2, 0.25) is 0 Å². The Hall–Kier alpha value is -0.470. The maximum atomic E-state index is 5.98. The molecule has 2 heteroatoms. The molecule has 1 heterocycles. The molecule has 0 radical (unpaired) electrons. The van der Waals surface area contributed by atoms with Gasteiger partial charge >= 0.3 is 0 Å². The lowest BCUT2D eigenvalue weighted by Crippen LogP contribution is -2.15. The number of fused-ring (bicyclic) bond motifs is 1. The fourth-order valence-corrected chi connectivity index (χ4v) is 2.77. The molecule has 0 unspecified atom stereocenters. The summed E-state index contributed by atoms with van der Waals surface area (Å²) < 4.78 is 0. The highest BCUT2D eigenvalue weighted by Gasteiger charge is 2.16. The molecule has 2 rings (SSSR count). The molecular weight excluding hydrogens is 166 g/mol. The van der Waals surface area contributed by atoms with Crippen LogP contribution in [0.25, 0.3) is 0 Å². The molecular formula is C10H13NS. The van der Waals surface area contributed by atoms with Gasteiger partial charge < -0.3 is 5.73 Å². The van der Waals surface area contributed by atoms with Gasteiger partial charge in [0.1, 0.15) is 0 Å². The normalized spacial score (nSPS) is 22.0. The SMILES string of the molecule is Cc1ccc2c(c1)SCC[C@H]2N. The van der Waals surface area contributed by atoms with Crippen LogP contribution in [-0.2, 0) is 0 Å². The molecule has 2 N–H and O–H groups in total. The third-order valence-electron chi connectivity index (χ3n) is 2.25. The van der Waals surface area contributed by atoms with Gasteiger partial charge in [0.25, 0.3) is 0 Å². The van der Waals surface area contributed by atoms with Gasteiger partial charge in [-0.05, 0) is 36.3 Å². The highest BCUT2D eigenvalue weighted by Crippen LogP contribution is 2.35. The Morgan fingerprint density at radius 1 is 1.50 bits per heavy atom. The maximum absolute atomic E-state index is 5.98. The van der Waals surface area contributed by atoms with Crippen LogP contribution in [-0.4, -0.2) is 5.75 Å². The van der Waals surface area contributed by atoms with E-state index in [1.165, 1.54) is 16.0 Å². The molecule has 12 heavy (non-hydrogen) atoms. The van der Waals surface area contributed by atoms with Crippen LogP contribution in [0, 0.1) is 6.92 Å². The second-order valence-electron chi connectivity index (χ2n) is 3.28. The fraction of sp³-hybridized carbons (Fsp3) is 0.400. The van der Waals surface area contributed by atoms with Gasteiger partial charge in [0.05, 0.1) is 0 Å². The Balaban J connectivity index is 2.46. The van der Waals surface area contributed by atoms with Crippen molar-refractivity contribution in [3.05, 3.63) is 29.3 Å².